The first kappa shape index (κ1) is 18.5. The molecule has 1 aliphatic rings. The van der Waals surface area contributed by atoms with E-state index in [0.29, 0.717) is 21.6 Å². The molecule has 3 rings (SSSR count). The third-order valence-corrected chi connectivity index (χ3v) is 4.62. The largest absolute Gasteiger partial charge is 0.493 e. The monoisotopic (exact) mass is 384 g/mol. The summed E-state index contributed by atoms with van der Waals surface area (Å²) in [6.07, 6.45) is 1.70. The lowest BCUT2D eigenvalue weighted by molar-refractivity contribution is -0.115. The van der Waals surface area contributed by atoms with Gasteiger partial charge in [-0.2, -0.15) is 0 Å². The number of carbonyl (C=O) groups excluding carboxylic acids is 1. The summed E-state index contributed by atoms with van der Waals surface area (Å²) in [7, 11) is 3.09. The van der Waals surface area contributed by atoms with Crippen molar-refractivity contribution in [2.75, 3.05) is 14.2 Å². The van der Waals surface area contributed by atoms with Gasteiger partial charge in [-0.15, -0.1) is 0 Å². The van der Waals surface area contributed by atoms with E-state index >= 15 is 0 Å². The van der Waals surface area contributed by atoms with Crippen molar-refractivity contribution in [3.63, 3.8) is 0 Å². The van der Waals surface area contributed by atoms with Crippen LogP contribution in [0.3, 0.4) is 0 Å². The summed E-state index contributed by atoms with van der Waals surface area (Å²) < 4.78 is 10.5. The number of ether oxygens (including phenoxy) is 2. The fourth-order valence-corrected chi connectivity index (χ4v) is 3.27. The molecule has 0 bridgehead atoms. The summed E-state index contributed by atoms with van der Waals surface area (Å²) in [5.74, 6) is -0.234. The summed E-state index contributed by atoms with van der Waals surface area (Å²) in [6.45, 7) is 0. The number of carboxylic acids is 1. The fraction of sp³-hybridized carbons (Fsp3) is 0.105. The third kappa shape index (κ3) is 4.12. The molecule has 0 aromatic heterocycles. The van der Waals surface area contributed by atoms with Crippen LogP contribution in [-0.4, -0.2) is 36.4 Å². The highest BCUT2D eigenvalue weighted by atomic mass is 32.2. The Balaban J connectivity index is 1.88. The second-order valence-electron chi connectivity index (χ2n) is 5.42. The third-order valence-electron chi connectivity index (χ3n) is 3.71. The van der Waals surface area contributed by atoms with Crippen LogP contribution < -0.4 is 14.8 Å². The average molecular weight is 384 g/mol. The van der Waals surface area contributed by atoms with Crippen LogP contribution in [0.2, 0.25) is 0 Å². The zero-order valence-electron chi connectivity index (χ0n) is 14.6. The molecule has 0 unspecified atom stereocenters. The normalized spacial score (nSPS) is 16.4. The molecule has 1 fully saturated rings. The molecule has 27 heavy (non-hydrogen) atoms. The van der Waals surface area contributed by atoms with Gasteiger partial charge in [0.05, 0.1) is 30.4 Å². The van der Waals surface area contributed by atoms with Gasteiger partial charge >= 0.3 is 5.97 Å². The molecule has 0 saturated carbocycles. The molecule has 1 saturated heterocycles. The van der Waals surface area contributed by atoms with E-state index in [1.54, 1.807) is 49.6 Å². The lowest BCUT2D eigenvalue weighted by Gasteiger charge is -2.07. The van der Waals surface area contributed by atoms with Crippen LogP contribution in [0.5, 0.6) is 11.5 Å². The predicted octanol–water partition coefficient (Wildman–Crippen LogP) is 3.29. The highest BCUT2D eigenvalue weighted by Gasteiger charge is 2.24. The van der Waals surface area contributed by atoms with Crippen molar-refractivity contribution in [2.45, 2.75) is 0 Å². The Hall–Kier alpha value is -3.26. The Bertz CT molecular complexity index is 968. The SMILES string of the molecule is COc1ccc(/C=C2\SC(=Nc3ccccc3C(=O)O)NC2=O)cc1OC. The molecule has 2 N–H and O–H groups in total. The Morgan fingerprint density at radius 1 is 1.15 bits per heavy atom. The van der Waals surface area contributed by atoms with Gasteiger partial charge in [0.2, 0.25) is 0 Å². The quantitative estimate of drug-likeness (QED) is 0.768. The first-order chi connectivity index (χ1) is 13.0. The Morgan fingerprint density at radius 2 is 1.89 bits per heavy atom. The molecule has 1 aliphatic heterocycles. The van der Waals surface area contributed by atoms with Gasteiger partial charge in [-0.1, -0.05) is 18.2 Å². The first-order valence-corrected chi connectivity index (χ1v) is 8.67. The molecular weight excluding hydrogens is 368 g/mol. The summed E-state index contributed by atoms with van der Waals surface area (Å²) in [6, 6.07) is 11.7. The number of rotatable bonds is 5. The van der Waals surface area contributed by atoms with Crippen LogP contribution in [0.1, 0.15) is 15.9 Å². The van der Waals surface area contributed by atoms with Gasteiger partial charge in [-0.3, -0.25) is 4.79 Å². The number of thioether (sulfide) groups is 1. The second kappa shape index (κ2) is 7.96. The molecule has 0 atom stereocenters. The molecule has 0 aliphatic carbocycles. The highest BCUT2D eigenvalue weighted by molar-refractivity contribution is 8.18. The standard InChI is InChI=1S/C19H16N2O5S/c1-25-14-8-7-11(9-15(14)26-2)10-16-17(22)21-19(27-16)20-13-6-4-3-5-12(13)18(23)24/h3-10H,1-2H3,(H,23,24)(H,20,21,22)/b16-10-. The lowest BCUT2D eigenvalue weighted by Crippen LogP contribution is -2.19. The van der Waals surface area contributed by atoms with Crippen molar-refractivity contribution in [2.24, 2.45) is 4.99 Å². The van der Waals surface area contributed by atoms with Crippen LogP contribution in [0.25, 0.3) is 6.08 Å². The van der Waals surface area contributed by atoms with Crippen LogP contribution in [0.4, 0.5) is 5.69 Å². The molecule has 7 nitrogen and oxygen atoms in total. The number of aromatic carboxylic acids is 1. The number of hydrogen-bond acceptors (Lipinski definition) is 6. The zero-order chi connectivity index (χ0) is 19.4. The van der Waals surface area contributed by atoms with E-state index in [0.717, 1.165) is 17.3 Å². The summed E-state index contributed by atoms with van der Waals surface area (Å²) in [5.41, 5.74) is 1.11. The number of aliphatic imine (C=N–C) groups is 1. The summed E-state index contributed by atoms with van der Waals surface area (Å²) in [4.78, 5) is 28.2. The van der Waals surface area contributed by atoms with Gasteiger partial charge < -0.3 is 19.9 Å². The number of nitrogens with zero attached hydrogens (tertiary/aromatic N) is 1. The highest BCUT2D eigenvalue weighted by Crippen LogP contribution is 2.32. The Morgan fingerprint density at radius 3 is 2.59 bits per heavy atom. The lowest BCUT2D eigenvalue weighted by atomic mass is 10.2. The van der Waals surface area contributed by atoms with Crippen LogP contribution in [0, 0.1) is 0 Å². The van der Waals surface area contributed by atoms with Crippen molar-refractivity contribution in [3.05, 3.63) is 58.5 Å². The average Bonchev–Trinajstić information content (AvgIpc) is 3.00. The maximum Gasteiger partial charge on any atom is 0.337 e. The van der Waals surface area contributed by atoms with Crippen molar-refractivity contribution in [1.29, 1.82) is 0 Å². The molecule has 1 amide bonds. The topological polar surface area (TPSA) is 97.2 Å². The number of carbonyl (C=O) groups is 2. The van der Waals surface area contributed by atoms with Crippen molar-refractivity contribution in [3.8, 4) is 11.5 Å². The zero-order valence-corrected chi connectivity index (χ0v) is 15.4. The number of benzene rings is 2. The molecule has 1 heterocycles. The van der Waals surface area contributed by atoms with E-state index in [1.165, 1.54) is 13.2 Å². The van der Waals surface area contributed by atoms with E-state index in [2.05, 4.69) is 10.3 Å². The smallest absolute Gasteiger partial charge is 0.337 e. The first-order valence-electron chi connectivity index (χ1n) is 7.85. The second-order valence-corrected chi connectivity index (χ2v) is 6.45. The van der Waals surface area contributed by atoms with Crippen LogP contribution >= 0.6 is 11.8 Å². The van der Waals surface area contributed by atoms with Gasteiger partial charge in [0.1, 0.15) is 0 Å². The van der Waals surface area contributed by atoms with E-state index in [9.17, 15) is 14.7 Å². The minimum Gasteiger partial charge on any atom is -0.493 e. The molecular formula is C19H16N2O5S. The Kier molecular flexibility index (Phi) is 5.46. The number of methoxy groups -OCH3 is 2. The van der Waals surface area contributed by atoms with Gasteiger partial charge in [-0.05, 0) is 47.7 Å². The molecule has 138 valence electrons. The van der Waals surface area contributed by atoms with Crippen LogP contribution in [0.15, 0.2) is 52.4 Å². The van der Waals surface area contributed by atoms with E-state index in [1.807, 2.05) is 0 Å². The molecule has 8 heteroatoms. The predicted molar refractivity (Wildman–Crippen MR) is 104 cm³/mol. The molecule has 2 aromatic rings. The number of para-hydroxylation sites is 1. The Labute approximate surface area is 159 Å². The maximum atomic E-state index is 12.2. The van der Waals surface area contributed by atoms with Gasteiger partial charge in [0.25, 0.3) is 5.91 Å². The molecule has 0 spiro atoms. The van der Waals surface area contributed by atoms with E-state index < -0.39 is 5.97 Å². The number of amidine groups is 1. The van der Waals surface area contributed by atoms with Gasteiger partial charge in [0, 0.05) is 0 Å². The summed E-state index contributed by atoms with van der Waals surface area (Å²) >= 11 is 1.14. The van der Waals surface area contributed by atoms with Crippen molar-refractivity contribution in [1.82, 2.24) is 5.32 Å². The maximum absolute atomic E-state index is 12.2. The van der Waals surface area contributed by atoms with Crippen LogP contribution in [-0.2, 0) is 4.79 Å². The number of hydrogen-bond donors (Lipinski definition) is 2. The van der Waals surface area contributed by atoms with Gasteiger partial charge in [-0.25, -0.2) is 9.79 Å². The number of nitrogens with one attached hydrogen (secondary N) is 1. The number of amides is 1. The summed E-state index contributed by atoms with van der Waals surface area (Å²) in [5, 5.41) is 12.2. The fourth-order valence-electron chi connectivity index (χ4n) is 2.44. The molecule has 2 aromatic carbocycles. The van der Waals surface area contributed by atoms with E-state index in [4.69, 9.17) is 9.47 Å². The number of carboxylic acid groups (broad SMARTS) is 1. The van der Waals surface area contributed by atoms with Crippen molar-refractivity contribution < 1.29 is 24.2 Å². The van der Waals surface area contributed by atoms with Crippen molar-refractivity contribution >= 4 is 40.6 Å². The minimum atomic E-state index is -1.08. The van der Waals surface area contributed by atoms with E-state index in [-0.39, 0.29) is 17.2 Å². The van der Waals surface area contributed by atoms with Gasteiger partial charge in [0.15, 0.2) is 16.7 Å². The molecule has 0 radical (unpaired) electrons. The minimum absolute atomic E-state index is 0.0668.